The highest BCUT2D eigenvalue weighted by Crippen LogP contribution is 2.21. The summed E-state index contributed by atoms with van der Waals surface area (Å²) in [6, 6.07) is 0. The minimum Gasteiger partial charge on any atom is -0.460 e. The molecule has 0 radical (unpaired) electrons. The van der Waals surface area contributed by atoms with Gasteiger partial charge >= 0.3 is 18.3 Å². The highest BCUT2D eigenvalue weighted by molar-refractivity contribution is 5.81. The van der Waals surface area contributed by atoms with Crippen molar-refractivity contribution in [2.24, 2.45) is 0 Å². The number of carbonyl (C=O) groups is 2. The van der Waals surface area contributed by atoms with Crippen molar-refractivity contribution in [1.82, 2.24) is 5.32 Å². The SMILES string of the molecule is CC(C)(C)OC(=O)CCC(=O)NCC(F)(F)C(F)F. The molecule has 112 valence electrons. The van der Waals surface area contributed by atoms with E-state index in [0.29, 0.717) is 0 Å². The first-order valence-corrected chi connectivity index (χ1v) is 5.58. The van der Waals surface area contributed by atoms with Crippen molar-refractivity contribution >= 4 is 11.9 Å². The van der Waals surface area contributed by atoms with Gasteiger partial charge in [0.05, 0.1) is 13.0 Å². The third kappa shape index (κ3) is 8.39. The van der Waals surface area contributed by atoms with Crippen LogP contribution in [0.1, 0.15) is 33.6 Å². The third-order valence-corrected chi connectivity index (χ3v) is 1.82. The number of rotatable bonds is 6. The molecule has 0 unspecified atom stereocenters. The van der Waals surface area contributed by atoms with E-state index in [2.05, 4.69) is 0 Å². The van der Waals surface area contributed by atoms with Gasteiger partial charge in [0.2, 0.25) is 5.91 Å². The van der Waals surface area contributed by atoms with Crippen LogP contribution >= 0.6 is 0 Å². The van der Waals surface area contributed by atoms with Crippen molar-refractivity contribution in [2.75, 3.05) is 6.54 Å². The molecule has 0 aliphatic carbocycles. The second kappa shape index (κ2) is 6.72. The lowest BCUT2D eigenvalue weighted by Gasteiger charge is -2.19. The van der Waals surface area contributed by atoms with Crippen LogP contribution < -0.4 is 5.32 Å². The Kier molecular flexibility index (Phi) is 6.24. The highest BCUT2D eigenvalue weighted by Gasteiger charge is 2.40. The number of ether oxygens (including phenoxy) is 1. The highest BCUT2D eigenvalue weighted by atomic mass is 19.3. The van der Waals surface area contributed by atoms with Crippen LogP contribution in [0.15, 0.2) is 0 Å². The fraction of sp³-hybridized carbons (Fsp3) is 0.818. The van der Waals surface area contributed by atoms with E-state index in [4.69, 9.17) is 4.74 Å². The van der Waals surface area contributed by atoms with E-state index >= 15 is 0 Å². The van der Waals surface area contributed by atoms with E-state index in [1.165, 1.54) is 0 Å². The molecule has 0 fully saturated rings. The Bertz CT molecular complexity index is 326. The number of halogens is 4. The number of hydrogen-bond donors (Lipinski definition) is 1. The fourth-order valence-electron chi connectivity index (χ4n) is 0.990. The molecule has 0 aliphatic rings. The van der Waals surface area contributed by atoms with Crippen LogP contribution in [-0.2, 0) is 14.3 Å². The molecule has 0 saturated heterocycles. The zero-order valence-electron chi connectivity index (χ0n) is 10.9. The Balaban J connectivity index is 3.98. The Hall–Kier alpha value is -1.34. The van der Waals surface area contributed by atoms with Gasteiger partial charge in [0.25, 0.3) is 0 Å². The second-order valence-corrected chi connectivity index (χ2v) is 4.92. The Morgan fingerprint density at radius 1 is 1.16 bits per heavy atom. The first-order chi connectivity index (χ1) is 8.44. The Labute approximate surface area is 108 Å². The topological polar surface area (TPSA) is 55.4 Å². The quantitative estimate of drug-likeness (QED) is 0.601. The summed E-state index contributed by atoms with van der Waals surface area (Å²) < 4.78 is 53.4. The number of hydrogen-bond acceptors (Lipinski definition) is 3. The van der Waals surface area contributed by atoms with Crippen LogP contribution in [0.4, 0.5) is 17.6 Å². The Morgan fingerprint density at radius 3 is 2.11 bits per heavy atom. The molecule has 0 aromatic rings. The monoisotopic (exact) mass is 287 g/mol. The molecule has 4 nitrogen and oxygen atoms in total. The maximum atomic E-state index is 12.5. The predicted octanol–water partition coefficient (Wildman–Crippen LogP) is 2.12. The molecular weight excluding hydrogens is 270 g/mol. The third-order valence-electron chi connectivity index (χ3n) is 1.82. The number of nitrogens with one attached hydrogen (secondary N) is 1. The lowest BCUT2D eigenvalue weighted by molar-refractivity contribution is -0.156. The standard InChI is InChI=1S/C11H17F4NO3/c1-10(2,3)19-8(18)5-4-7(17)16-6-11(14,15)9(12)13/h9H,4-6H2,1-3H3,(H,16,17). The van der Waals surface area contributed by atoms with Gasteiger partial charge in [0, 0.05) is 6.42 Å². The van der Waals surface area contributed by atoms with Crippen LogP contribution in [0, 0.1) is 0 Å². The minimum absolute atomic E-state index is 0.302. The summed E-state index contributed by atoms with van der Waals surface area (Å²) in [5.41, 5.74) is -0.712. The summed E-state index contributed by atoms with van der Waals surface area (Å²) in [5.74, 6) is -5.85. The van der Waals surface area contributed by atoms with E-state index in [-0.39, 0.29) is 6.42 Å². The van der Waals surface area contributed by atoms with E-state index in [9.17, 15) is 27.2 Å². The zero-order valence-corrected chi connectivity index (χ0v) is 10.9. The maximum Gasteiger partial charge on any atom is 0.324 e. The van der Waals surface area contributed by atoms with Gasteiger partial charge in [0.15, 0.2) is 0 Å². The van der Waals surface area contributed by atoms with Gasteiger partial charge in [-0.25, -0.2) is 8.78 Å². The van der Waals surface area contributed by atoms with E-state index < -0.39 is 42.8 Å². The molecule has 1 amide bonds. The zero-order chi connectivity index (χ0) is 15.3. The summed E-state index contributed by atoms with van der Waals surface area (Å²) in [7, 11) is 0. The van der Waals surface area contributed by atoms with Gasteiger partial charge in [0.1, 0.15) is 5.60 Å². The lowest BCUT2D eigenvalue weighted by Crippen LogP contribution is -2.41. The van der Waals surface area contributed by atoms with Crippen LogP contribution in [0.2, 0.25) is 0 Å². The number of amides is 1. The van der Waals surface area contributed by atoms with Crippen molar-refractivity contribution in [3.63, 3.8) is 0 Å². The molecule has 0 atom stereocenters. The summed E-state index contributed by atoms with van der Waals surface area (Å²) in [6.45, 7) is 3.44. The lowest BCUT2D eigenvalue weighted by atomic mass is 10.2. The molecule has 0 bridgehead atoms. The average molecular weight is 287 g/mol. The minimum atomic E-state index is -4.28. The number of esters is 1. The summed E-state index contributed by atoms with van der Waals surface area (Å²) in [5, 5.41) is 1.65. The molecule has 0 saturated carbocycles. The van der Waals surface area contributed by atoms with E-state index in [0.717, 1.165) is 0 Å². The number of carbonyl (C=O) groups excluding carboxylic acids is 2. The van der Waals surface area contributed by atoms with Gasteiger partial charge in [-0.15, -0.1) is 0 Å². The van der Waals surface area contributed by atoms with Crippen molar-refractivity contribution in [1.29, 1.82) is 0 Å². The van der Waals surface area contributed by atoms with Gasteiger partial charge in [-0.3, -0.25) is 9.59 Å². The van der Waals surface area contributed by atoms with Crippen LogP contribution in [0.3, 0.4) is 0 Å². The largest absolute Gasteiger partial charge is 0.460 e. The molecule has 0 aromatic carbocycles. The van der Waals surface area contributed by atoms with Crippen LogP contribution in [0.5, 0.6) is 0 Å². The van der Waals surface area contributed by atoms with Gasteiger partial charge < -0.3 is 10.1 Å². The summed E-state index contributed by atoms with van der Waals surface area (Å²) >= 11 is 0. The summed E-state index contributed by atoms with van der Waals surface area (Å²) in [4.78, 5) is 22.3. The molecule has 8 heteroatoms. The molecule has 0 spiro atoms. The van der Waals surface area contributed by atoms with Crippen LogP contribution in [-0.4, -0.2) is 36.4 Å². The first-order valence-electron chi connectivity index (χ1n) is 5.58. The fourth-order valence-corrected chi connectivity index (χ4v) is 0.990. The summed E-state index contributed by atoms with van der Waals surface area (Å²) in [6.07, 6.45) is -4.55. The van der Waals surface area contributed by atoms with Gasteiger partial charge in [-0.05, 0) is 20.8 Å². The van der Waals surface area contributed by atoms with Crippen LogP contribution in [0.25, 0.3) is 0 Å². The second-order valence-electron chi connectivity index (χ2n) is 4.92. The average Bonchev–Trinajstić information content (AvgIpc) is 2.21. The number of alkyl halides is 4. The molecule has 0 aliphatic heterocycles. The van der Waals surface area contributed by atoms with Gasteiger partial charge in [-0.1, -0.05) is 0 Å². The van der Waals surface area contributed by atoms with E-state index in [1.807, 2.05) is 0 Å². The Morgan fingerprint density at radius 2 is 1.68 bits per heavy atom. The van der Waals surface area contributed by atoms with Crippen molar-refractivity contribution in [2.45, 2.75) is 51.6 Å². The maximum absolute atomic E-state index is 12.5. The molecule has 0 rings (SSSR count). The predicted molar refractivity (Wildman–Crippen MR) is 59.0 cm³/mol. The van der Waals surface area contributed by atoms with Crippen molar-refractivity contribution < 1.29 is 31.9 Å². The van der Waals surface area contributed by atoms with E-state index in [1.54, 1.807) is 26.1 Å². The molecule has 1 N–H and O–H groups in total. The van der Waals surface area contributed by atoms with Crippen molar-refractivity contribution in [3.8, 4) is 0 Å². The molecule has 0 heterocycles. The smallest absolute Gasteiger partial charge is 0.324 e. The molecule has 0 aromatic heterocycles. The van der Waals surface area contributed by atoms with Gasteiger partial charge in [-0.2, -0.15) is 8.78 Å². The normalized spacial score (nSPS) is 12.4. The van der Waals surface area contributed by atoms with Crippen molar-refractivity contribution in [3.05, 3.63) is 0 Å². The molecule has 19 heavy (non-hydrogen) atoms. The first kappa shape index (κ1) is 17.7. The molecular formula is C11H17F4NO3.